The van der Waals surface area contributed by atoms with Crippen LogP contribution < -0.4 is 0 Å². The first-order valence-electron chi connectivity index (χ1n) is 7.29. The van der Waals surface area contributed by atoms with Crippen LogP contribution in [0.1, 0.15) is 18.4 Å². The van der Waals surface area contributed by atoms with Crippen molar-refractivity contribution in [2.24, 2.45) is 5.92 Å². The van der Waals surface area contributed by atoms with Crippen molar-refractivity contribution in [2.75, 3.05) is 39.8 Å². The van der Waals surface area contributed by atoms with Crippen molar-refractivity contribution in [3.63, 3.8) is 0 Å². The number of β-amino-alcohol motifs (C(OH)–C–C–N with tert-alkyl or cyclic N) is 1. The van der Waals surface area contributed by atoms with Crippen LogP contribution in [0, 0.1) is 5.92 Å². The summed E-state index contributed by atoms with van der Waals surface area (Å²) in [6, 6.07) is 1.84. The Hall–Kier alpha value is -0.680. The summed E-state index contributed by atoms with van der Waals surface area (Å²) in [6.07, 6.45) is 6.07. The summed E-state index contributed by atoms with van der Waals surface area (Å²) in [7, 11) is 2.13. The standard InChI is InChI=1S/C15H24ClN3O/c1-18(12-14-9-17-5-4-15(14)16)10-13-3-2-6-19(11-13)7-8-20/h4-5,9,13,20H,2-3,6-8,10-12H2,1H3. The molecule has 0 spiro atoms. The number of hydrogen-bond donors (Lipinski definition) is 1. The number of aromatic nitrogens is 1. The maximum atomic E-state index is 9.04. The predicted molar refractivity (Wildman–Crippen MR) is 81.8 cm³/mol. The fraction of sp³-hybridized carbons (Fsp3) is 0.667. The molecule has 0 saturated carbocycles. The van der Waals surface area contributed by atoms with Gasteiger partial charge in [-0.25, -0.2) is 0 Å². The second-order valence-electron chi connectivity index (χ2n) is 5.70. The van der Waals surface area contributed by atoms with E-state index in [0.717, 1.165) is 43.3 Å². The van der Waals surface area contributed by atoms with Crippen molar-refractivity contribution in [1.29, 1.82) is 0 Å². The fourth-order valence-corrected chi connectivity index (χ4v) is 3.13. The van der Waals surface area contributed by atoms with Crippen molar-refractivity contribution < 1.29 is 5.11 Å². The van der Waals surface area contributed by atoms with Gasteiger partial charge >= 0.3 is 0 Å². The van der Waals surface area contributed by atoms with Gasteiger partial charge in [0.2, 0.25) is 0 Å². The number of aliphatic hydroxyl groups is 1. The van der Waals surface area contributed by atoms with E-state index in [4.69, 9.17) is 16.7 Å². The number of piperidine rings is 1. The van der Waals surface area contributed by atoms with Crippen LogP contribution in [0.5, 0.6) is 0 Å². The van der Waals surface area contributed by atoms with Gasteiger partial charge in [-0.3, -0.25) is 4.98 Å². The summed E-state index contributed by atoms with van der Waals surface area (Å²) in [5.41, 5.74) is 1.08. The average molecular weight is 298 g/mol. The SMILES string of the molecule is CN(Cc1cnccc1Cl)CC1CCCN(CCO)C1. The molecule has 1 unspecified atom stereocenters. The number of pyridine rings is 1. The van der Waals surface area contributed by atoms with Gasteiger partial charge in [-0.1, -0.05) is 11.6 Å². The Kier molecular flexibility index (Phi) is 6.23. The molecule has 0 aromatic carbocycles. The van der Waals surface area contributed by atoms with Crippen LogP contribution in [0.3, 0.4) is 0 Å². The molecule has 2 rings (SSSR count). The van der Waals surface area contributed by atoms with Gasteiger partial charge in [0, 0.05) is 49.2 Å². The van der Waals surface area contributed by atoms with E-state index < -0.39 is 0 Å². The number of halogens is 1. The van der Waals surface area contributed by atoms with Gasteiger partial charge in [0.05, 0.1) is 6.61 Å². The molecule has 1 aliphatic rings. The summed E-state index contributed by atoms with van der Waals surface area (Å²) in [5, 5.41) is 9.83. The fourth-order valence-electron chi connectivity index (χ4n) is 2.97. The summed E-state index contributed by atoms with van der Waals surface area (Å²) >= 11 is 6.17. The van der Waals surface area contributed by atoms with Gasteiger partial charge < -0.3 is 14.9 Å². The first-order chi connectivity index (χ1) is 9.69. The number of hydrogen-bond acceptors (Lipinski definition) is 4. The quantitative estimate of drug-likeness (QED) is 0.870. The molecular weight excluding hydrogens is 274 g/mol. The molecule has 2 heterocycles. The third kappa shape index (κ3) is 4.70. The third-order valence-electron chi connectivity index (χ3n) is 3.87. The van der Waals surface area contributed by atoms with Crippen LogP contribution >= 0.6 is 11.6 Å². The van der Waals surface area contributed by atoms with Crippen LogP contribution in [-0.2, 0) is 6.54 Å². The van der Waals surface area contributed by atoms with Gasteiger partial charge in [-0.05, 0) is 38.4 Å². The van der Waals surface area contributed by atoms with Crippen LogP contribution in [0.4, 0.5) is 0 Å². The zero-order valence-corrected chi connectivity index (χ0v) is 12.9. The first kappa shape index (κ1) is 15.7. The minimum absolute atomic E-state index is 0.258. The Morgan fingerprint density at radius 1 is 1.55 bits per heavy atom. The normalized spacial score (nSPS) is 20.5. The molecule has 1 aromatic heterocycles. The third-order valence-corrected chi connectivity index (χ3v) is 4.24. The Morgan fingerprint density at radius 3 is 3.15 bits per heavy atom. The first-order valence-corrected chi connectivity index (χ1v) is 7.67. The molecule has 0 radical (unpaired) electrons. The van der Waals surface area contributed by atoms with E-state index in [1.807, 2.05) is 12.3 Å². The number of rotatable bonds is 6. The molecule has 112 valence electrons. The molecule has 1 fully saturated rings. The Balaban J connectivity index is 1.82. The van der Waals surface area contributed by atoms with Gasteiger partial charge in [-0.15, -0.1) is 0 Å². The van der Waals surface area contributed by atoms with E-state index >= 15 is 0 Å². The smallest absolute Gasteiger partial charge is 0.0558 e. The van der Waals surface area contributed by atoms with Crippen molar-refractivity contribution >= 4 is 11.6 Å². The summed E-state index contributed by atoms with van der Waals surface area (Å²) in [5.74, 6) is 0.677. The Morgan fingerprint density at radius 2 is 2.40 bits per heavy atom. The number of nitrogens with zero attached hydrogens (tertiary/aromatic N) is 3. The molecule has 1 atom stereocenters. The van der Waals surface area contributed by atoms with Crippen molar-refractivity contribution in [3.05, 3.63) is 29.0 Å². The monoisotopic (exact) mass is 297 g/mol. The van der Waals surface area contributed by atoms with E-state index in [1.165, 1.54) is 12.8 Å². The lowest BCUT2D eigenvalue weighted by Crippen LogP contribution is -2.41. The molecule has 0 bridgehead atoms. The highest BCUT2D eigenvalue weighted by Gasteiger charge is 2.20. The maximum absolute atomic E-state index is 9.04. The highest BCUT2D eigenvalue weighted by Crippen LogP contribution is 2.19. The van der Waals surface area contributed by atoms with Crippen molar-refractivity contribution in [3.8, 4) is 0 Å². The highest BCUT2D eigenvalue weighted by molar-refractivity contribution is 6.31. The molecule has 20 heavy (non-hydrogen) atoms. The van der Waals surface area contributed by atoms with Gasteiger partial charge in [0.15, 0.2) is 0 Å². The highest BCUT2D eigenvalue weighted by atomic mass is 35.5. The van der Waals surface area contributed by atoms with Crippen LogP contribution in [-0.4, -0.2) is 59.7 Å². The zero-order valence-electron chi connectivity index (χ0n) is 12.1. The average Bonchev–Trinajstić information content (AvgIpc) is 2.42. The van der Waals surface area contributed by atoms with Gasteiger partial charge in [0.1, 0.15) is 0 Å². The van der Waals surface area contributed by atoms with E-state index in [0.29, 0.717) is 5.92 Å². The van der Waals surface area contributed by atoms with E-state index in [9.17, 15) is 0 Å². The van der Waals surface area contributed by atoms with Crippen molar-refractivity contribution in [1.82, 2.24) is 14.8 Å². The lowest BCUT2D eigenvalue weighted by Gasteiger charge is -2.34. The molecule has 1 saturated heterocycles. The van der Waals surface area contributed by atoms with Gasteiger partial charge in [0.25, 0.3) is 0 Å². The van der Waals surface area contributed by atoms with E-state index in [1.54, 1.807) is 6.20 Å². The lowest BCUT2D eigenvalue weighted by molar-refractivity contribution is 0.119. The number of likely N-dealkylation sites (tertiary alicyclic amines) is 1. The summed E-state index contributed by atoms with van der Waals surface area (Å²) in [6.45, 7) is 5.17. The minimum atomic E-state index is 0.258. The summed E-state index contributed by atoms with van der Waals surface area (Å²) < 4.78 is 0. The maximum Gasteiger partial charge on any atom is 0.0558 e. The van der Waals surface area contributed by atoms with E-state index in [2.05, 4.69) is 21.8 Å². The summed E-state index contributed by atoms with van der Waals surface area (Å²) in [4.78, 5) is 8.81. The number of aliphatic hydroxyl groups excluding tert-OH is 1. The van der Waals surface area contributed by atoms with Gasteiger partial charge in [-0.2, -0.15) is 0 Å². The van der Waals surface area contributed by atoms with E-state index in [-0.39, 0.29) is 6.61 Å². The van der Waals surface area contributed by atoms with Crippen molar-refractivity contribution in [2.45, 2.75) is 19.4 Å². The Bertz CT molecular complexity index is 414. The lowest BCUT2D eigenvalue weighted by atomic mass is 9.97. The predicted octanol–water partition coefficient (Wildman–Crippen LogP) is 1.87. The minimum Gasteiger partial charge on any atom is -0.395 e. The molecule has 1 aromatic rings. The van der Waals surface area contributed by atoms with Crippen LogP contribution in [0.15, 0.2) is 18.5 Å². The largest absolute Gasteiger partial charge is 0.395 e. The molecule has 5 heteroatoms. The topological polar surface area (TPSA) is 39.6 Å². The molecule has 1 N–H and O–H groups in total. The molecule has 4 nitrogen and oxygen atoms in total. The molecule has 0 amide bonds. The second kappa shape index (κ2) is 7.93. The molecule has 1 aliphatic heterocycles. The zero-order chi connectivity index (χ0) is 14.4. The Labute approximate surface area is 126 Å². The van der Waals surface area contributed by atoms with Crippen LogP contribution in [0.25, 0.3) is 0 Å². The van der Waals surface area contributed by atoms with Crippen LogP contribution in [0.2, 0.25) is 5.02 Å². The molecule has 0 aliphatic carbocycles. The second-order valence-corrected chi connectivity index (χ2v) is 6.10. The molecular formula is C15H24ClN3O.